The molecule has 1 saturated heterocycles. The molecule has 3 aromatic rings. The van der Waals surface area contributed by atoms with Crippen molar-refractivity contribution in [2.24, 2.45) is 0 Å². The molecule has 1 aliphatic heterocycles. The van der Waals surface area contributed by atoms with Crippen LogP contribution in [0.25, 0.3) is 0 Å². The molecule has 0 bridgehead atoms. The quantitative estimate of drug-likeness (QED) is 0.310. The first-order valence-corrected chi connectivity index (χ1v) is 12.9. The number of ether oxygens (including phenoxy) is 2. The Morgan fingerprint density at radius 2 is 1.67 bits per heavy atom. The lowest BCUT2D eigenvalue weighted by Crippen LogP contribution is -2.50. The number of anilines is 2. The van der Waals surface area contributed by atoms with Gasteiger partial charge in [0.25, 0.3) is 0 Å². The number of nitrogens with one attached hydrogen (secondary N) is 1. The highest BCUT2D eigenvalue weighted by molar-refractivity contribution is 8.00. The molecule has 0 aromatic heterocycles. The summed E-state index contributed by atoms with van der Waals surface area (Å²) in [6.45, 7) is 7.77. The van der Waals surface area contributed by atoms with Crippen LogP contribution in [-0.2, 0) is 11.2 Å². The van der Waals surface area contributed by atoms with Crippen molar-refractivity contribution in [2.45, 2.75) is 31.2 Å². The topological polar surface area (TPSA) is 54.0 Å². The summed E-state index contributed by atoms with van der Waals surface area (Å²) in [5, 5.41) is 0. The molecule has 0 amide bonds. The maximum atomic E-state index is 10.3. The minimum absolute atomic E-state index is 0.403. The third-order valence-electron chi connectivity index (χ3n) is 6.10. The number of hydrogen-bond donors (Lipinski definition) is 1. The van der Waals surface area contributed by atoms with Crippen LogP contribution in [-0.4, -0.2) is 58.1 Å². The first kappa shape index (κ1) is 27.4. The van der Waals surface area contributed by atoms with Crippen molar-refractivity contribution in [1.29, 1.82) is 0 Å². The van der Waals surface area contributed by atoms with E-state index in [-0.39, 0.29) is 0 Å². The molecule has 7 heteroatoms. The van der Waals surface area contributed by atoms with Crippen LogP contribution in [0, 0.1) is 6.92 Å². The minimum Gasteiger partial charge on any atom is -0.493 e. The van der Waals surface area contributed by atoms with Gasteiger partial charge >= 0.3 is 0 Å². The predicted molar refractivity (Wildman–Crippen MR) is 151 cm³/mol. The number of hydrogen-bond acceptors (Lipinski definition) is 7. The normalized spacial score (nSPS) is 15.5. The van der Waals surface area contributed by atoms with Gasteiger partial charge in [-0.3, -0.25) is 0 Å². The van der Waals surface area contributed by atoms with Crippen molar-refractivity contribution in [3.63, 3.8) is 0 Å². The number of carbonyl (C=O) groups excluding carboxylic acids is 1. The molecule has 1 heterocycles. The summed E-state index contributed by atoms with van der Waals surface area (Å²) in [6, 6.07) is 23.3. The van der Waals surface area contributed by atoms with Crippen LogP contribution in [0.4, 0.5) is 11.4 Å². The van der Waals surface area contributed by atoms with E-state index in [1.54, 1.807) is 38.3 Å². The Bertz CT molecular complexity index is 1090. The molecule has 6 nitrogen and oxygen atoms in total. The van der Waals surface area contributed by atoms with Gasteiger partial charge in [-0.05, 0) is 86.9 Å². The molecule has 0 radical (unpaired) electrons. The fourth-order valence-electron chi connectivity index (χ4n) is 4.07. The highest BCUT2D eigenvalue weighted by Crippen LogP contribution is 2.28. The van der Waals surface area contributed by atoms with E-state index in [1.807, 2.05) is 6.07 Å². The van der Waals surface area contributed by atoms with E-state index in [1.165, 1.54) is 16.1 Å². The van der Waals surface area contributed by atoms with Gasteiger partial charge in [-0.25, -0.2) is 0 Å². The molecule has 1 unspecified atom stereocenters. The third-order valence-corrected chi connectivity index (χ3v) is 6.95. The summed E-state index contributed by atoms with van der Waals surface area (Å²) in [6.07, 6.45) is 1.27. The lowest BCUT2D eigenvalue weighted by atomic mass is 10.1. The minimum atomic E-state index is 0.403. The smallest absolute Gasteiger partial charge is 0.161 e. The lowest BCUT2D eigenvalue weighted by Gasteiger charge is -2.39. The van der Waals surface area contributed by atoms with E-state index < -0.39 is 0 Å². The fourth-order valence-corrected chi connectivity index (χ4v) is 4.72. The first-order valence-electron chi connectivity index (χ1n) is 12.1. The highest BCUT2D eigenvalue weighted by Gasteiger charge is 2.21. The van der Waals surface area contributed by atoms with Crippen molar-refractivity contribution in [3.8, 4) is 11.5 Å². The van der Waals surface area contributed by atoms with Gasteiger partial charge in [0, 0.05) is 48.4 Å². The van der Waals surface area contributed by atoms with Crippen molar-refractivity contribution in [1.82, 2.24) is 4.90 Å². The van der Waals surface area contributed by atoms with E-state index in [4.69, 9.17) is 9.47 Å². The van der Waals surface area contributed by atoms with Crippen LogP contribution in [0.5, 0.6) is 11.5 Å². The third kappa shape index (κ3) is 7.93. The zero-order valence-corrected chi connectivity index (χ0v) is 22.7. The number of aldehydes is 1. The molecule has 36 heavy (non-hydrogen) atoms. The van der Waals surface area contributed by atoms with Crippen LogP contribution in [0.2, 0.25) is 0 Å². The summed E-state index contributed by atoms with van der Waals surface area (Å²) in [7, 11) is 5.35. The Morgan fingerprint density at radius 3 is 2.28 bits per heavy atom. The number of benzene rings is 3. The molecule has 1 N–H and O–H groups in total. The molecule has 3 aromatic carbocycles. The number of aryl methyl sites for hydroxylation is 1. The zero-order valence-electron chi connectivity index (χ0n) is 21.9. The second kappa shape index (κ2) is 13.8. The van der Waals surface area contributed by atoms with Crippen molar-refractivity contribution in [2.75, 3.05) is 50.5 Å². The monoisotopic (exact) mass is 507 g/mol. The Balaban J connectivity index is 0.000000236. The molecule has 0 saturated carbocycles. The van der Waals surface area contributed by atoms with Gasteiger partial charge < -0.3 is 28.8 Å². The Labute approximate surface area is 219 Å². The average molecular weight is 508 g/mol. The van der Waals surface area contributed by atoms with Gasteiger partial charge in [0.05, 0.1) is 14.2 Å². The van der Waals surface area contributed by atoms with Gasteiger partial charge in [0.15, 0.2) is 11.5 Å². The molecule has 1 aliphatic rings. The summed E-state index contributed by atoms with van der Waals surface area (Å²) >= 11 is 1.65. The molecular formula is C29H37N3O3S. The lowest BCUT2D eigenvalue weighted by molar-refractivity contribution is -0.107. The molecule has 1 atom stereocenters. The SMILES string of the molecule is COc1ccc(CC=O)cc1OC.Cc1ccc(SNc2ccc(N3CCN(C)CC3C)cc2)cc1. The number of likely N-dealkylation sites (N-methyl/N-ethyl adjacent to an activating group) is 1. The number of carbonyl (C=O) groups is 1. The molecule has 0 aliphatic carbocycles. The van der Waals surface area contributed by atoms with Crippen LogP contribution < -0.4 is 19.1 Å². The van der Waals surface area contributed by atoms with Crippen molar-refractivity contribution >= 4 is 29.6 Å². The molecule has 1 fully saturated rings. The van der Waals surface area contributed by atoms with Gasteiger partial charge in [-0.1, -0.05) is 23.8 Å². The molecule has 192 valence electrons. The first-order chi connectivity index (χ1) is 17.4. The zero-order chi connectivity index (χ0) is 25.9. The van der Waals surface area contributed by atoms with Gasteiger partial charge in [-0.2, -0.15) is 0 Å². The number of methoxy groups -OCH3 is 2. The van der Waals surface area contributed by atoms with Crippen molar-refractivity contribution in [3.05, 3.63) is 77.9 Å². The van der Waals surface area contributed by atoms with Gasteiger partial charge in [0.1, 0.15) is 6.29 Å². The predicted octanol–water partition coefficient (Wildman–Crippen LogP) is 5.70. The van der Waals surface area contributed by atoms with E-state index in [2.05, 4.69) is 83.9 Å². The largest absolute Gasteiger partial charge is 0.493 e. The Morgan fingerprint density at radius 1 is 0.972 bits per heavy atom. The maximum Gasteiger partial charge on any atom is 0.161 e. The molecule has 4 rings (SSSR count). The summed E-state index contributed by atoms with van der Waals surface area (Å²) < 4.78 is 13.6. The van der Waals surface area contributed by atoms with Gasteiger partial charge in [0.2, 0.25) is 0 Å². The second-order valence-corrected chi connectivity index (χ2v) is 9.81. The number of nitrogens with zero attached hydrogens (tertiary/aromatic N) is 2. The maximum absolute atomic E-state index is 10.3. The highest BCUT2D eigenvalue weighted by atomic mass is 32.2. The summed E-state index contributed by atoms with van der Waals surface area (Å²) in [5.74, 6) is 1.33. The molecular weight excluding hydrogens is 470 g/mol. The van der Waals surface area contributed by atoms with E-state index in [0.717, 1.165) is 37.2 Å². The average Bonchev–Trinajstić information content (AvgIpc) is 2.89. The van der Waals surface area contributed by atoms with E-state index in [0.29, 0.717) is 24.0 Å². The summed E-state index contributed by atoms with van der Waals surface area (Å²) in [5.41, 5.74) is 4.67. The summed E-state index contributed by atoms with van der Waals surface area (Å²) in [4.78, 5) is 16.4. The standard InChI is InChI=1S/C19H25N3S.C10H12O3/c1-15-4-10-19(11-5-15)23-20-17-6-8-18(9-7-17)22-13-12-21(3)14-16(22)2;1-12-9-4-3-8(5-6-11)7-10(9)13-2/h4-11,16,20H,12-14H2,1-3H3;3-4,6-7H,5H2,1-2H3. The van der Waals surface area contributed by atoms with Crippen LogP contribution in [0.15, 0.2) is 71.6 Å². The van der Waals surface area contributed by atoms with Crippen LogP contribution >= 0.6 is 11.9 Å². The van der Waals surface area contributed by atoms with Crippen LogP contribution in [0.1, 0.15) is 18.1 Å². The van der Waals surface area contributed by atoms with E-state index in [9.17, 15) is 4.79 Å². The van der Waals surface area contributed by atoms with Crippen LogP contribution in [0.3, 0.4) is 0 Å². The fraction of sp³-hybridized carbons (Fsp3) is 0.345. The number of rotatable bonds is 8. The van der Waals surface area contributed by atoms with Gasteiger partial charge in [-0.15, -0.1) is 0 Å². The number of piperazine rings is 1. The second-order valence-electron chi connectivity index (χ2n) is 8.93. The molecule has 0 spiro atoms. The Hall–Kier alpha value is -3.16. The van der Waals surface area contributed by atoms with E-state index >= 15 is 0 Å². The Kier molecular flexibility index (Phi) is 10.5. The van der Waals surface area contributed by atoms with Crippen molar-refractivity contribution < 1.29 is 14.3 Å².